The average molecular weight is 351 g/mol. The van der Waals surface area contributed by atoms with Crippen molar-refractivity contribution in [1.82, 2.24) is 0 Å². The van der Waals surface area contributed by atoms with E-state index in [2.05, 4.69) is 0 Å². The topological polar surface area (TPSA) is 61.6 Å². The molecule has 0 aliphatic heterocycles. The summed E-state index contributed by atoms with van der Waals surface area (Å²) in [6.07, 6.45) is 0. The summed E-state index contributed by atoms with van der Waals surface area (Å²) in [6.45, 7) is 3.96. The van der Waals surface area contributed by atoms with Gasteiger partial charge in [0.1, 0.15) is 11.3 Å². The largest absolute Gasteiger partial charge is 0.623 e. The molecular weight excluding hydrogens is 330 g/mol. The Balaban J connectivity index is 2.36. The van der Waals surface area contributed by atoms with Gasteiger partial charge in [-0.15, -0.1) is 0 Å². The van der Waals surface area contributed by atoms with E-state index in [1.807, 2.05) is 42.5 Å². The molecule has 0 heterocycles. The van der Waals surface area contributed by atoms with Gasteiger partial charge < -0.3 is 14.7 Å². The van der Waals surface area contributed by atoms with Crippen LogP contribution < -0.4 is 4.74 Å². The molecule has 0 N–H and O–H groups in total. The quantitative estimate of drug-likeness (QED) is 0.358. The molecule has 0 atom stereocenters. The Bertz CT molecular complexity index is 897. The number of hydrogen-bond acceptors (Lipinski definition) is 4. The number of ether oxygens (including phenoxy) is 2. The van der Waals surface area contributed by atoms with Crippen molar-refractivity contribution >= 4 is 17.3 Å². The number of hydrogen-bond donors (Lipinski definition) is 0. The summed E-state index contributed by atoms with van der Waals surface area (Å²) >= 11 is 0. The lowest BCUT2D eigenvalue weighted by molar-refractivity contribution is -0.452. The monoisotopic (exact) mass is 351 g/mol. The Labute approximate surface area is 152 Å². The van der Waals surface area contributed by atoms with Crippen molar-refractivity contribution in [1.29, 1.82) is 0 Å². The van der Waals surface area contributed by atoms with Gasteiger partial charge in [0.2, 0.25) is 5.71 Å². The first kappa shape index (κ1) is 17.7. The zero-order valence-electron chi connectivity index (χ0n) is 15.1. The molecule has 0 bridgehead atoms. The third-order valence-corrected chi connectivity index (χ3v) is 4.32. The molecule has 0 unspecified atom stereocenters. The van der Waals surface area contributed by atoms with E-state index >= 15 is 0 Å². The number of rotatable bonds is 5. The zero-order chi connectivity index (χ0) is 18.7. The van der Waals surface area contributed by atoms with E-state index in [0.29, 0.717) is 28.2 Å². The van der Waals surface area contributed by atoms with Crippen molar-refractivity contribution in [2.24, 2.45) is 0 Å². The van der Waals surface area contributed by atoms with E-state index in [9.17, 15) is 10.0 Å². The predicted octanol–water partition coefficient (Wildman–Crippen LogP) is 3.39. The molecule has 26 heavy (non-hydrogen) atoms. The first-order valence-corrected chi connectivity index (χ1v) is 8.59. The lowest BCUT2D eigenvalue weighted by atomic mass is 9.97. The highest BCUT2D eigenvalue weighted by molar-refractivity contribution is 6.35. The van der Waals surface area contributed by atoms with E-state index < -0.39 is 5.97 Å². The lowest BCUT2D eigenvalue weighted by Crippen LogP contribution is -2.23. The Hall–Kier alpha value is -3.08. The minimum Gasteiger partial charge on any atom is -0.623 e. The summed E-state index contributed by atoms with van der Waals surface area (Å²) < 4.78 is 11.4. The highest BCUT2D eigenvalue weighted by Crippen LogP contribution is 2.40. The van der Waals surface area contributed by atoms with Crippen molar-refractivity contribution in [3.63, 3.8) is 0 Å². The molecule has 5 heteroatoms. The number of carbonyl (C=O) groups excluding carboxylic acids is 1. The molecule has 3 rings (SSSR count). The Morgan fingerprint density at radius 2 is 1.81 bits per heavy atom. The second-order valence-corrected chi connectivity index (χ2v) is 5.79. The van der Waals surface area contributed by atoms with Gasteiger partial charge in [-0.1, -0.05) is 30.3 Å². The molecular formula is C21H21NO4. The van der Waals surface area contributed by atoms with Crippen LogP contribution in [0.15, 0.2) is 54.1 Å². The van der Waals surface area contributed by atoms with Gasteiger partial charge in [0.15, 0.2) is 6.54 Å². The normalized spacial score (nSPS) is 14.9. The minimum atomic E-state index is -0.495. The van der Waals surface area contributed by atoms with Gasteiger partial charge in [-0.2, -0.15) is 0 Å². The lowest BCUT2D eigenvalue weighted by Gasteiger charge is -2.10. The van der Waals surface area contributed by atoms with Crippen molar-refractivity contribution in [2.75, 3.05) is 20.3 Å². The Morgan fingerprint density at radius 1 is 1.08 bits per heavy atom. The highest BCUT2D eigenvalue weighted by atomic mass is 16.5. The van der Waals surface area contributed by atoms with Gasteiger partial charge in [-0.25, -0.2) is 9.53 Å². The zero-order valence-corrected chi connectivity index (χ0v) is 15.1. The van der Waals surface area contributed by atoms with Crippen LogP contribution in [0.1, 0.15) is 30.5 Å². The van der Waals surface area contributed by atoms with Crippen molar-refractivity contribution in [3.8, 4) is 5.75 Å². The van der Waals surface area contributed by atoms with Crippen LogP contribution in [-0.2, 0) is 9.53 Å². The van der Waals surface area contributed by atoms with E-state index in [1.54, 1.807) is 27.0 Å². The summed E-state index contributed by atoms with van der Waals surface area (Å²) in [5.74, 6) is 0.133. The van der Waals surface area contributed by atoms with Crippen LogP contribution in [0.3, 0.4) is 0 Å². The second kappa shape index (κ2) is 7.44. The third-order valence-electron chi connectivity index (χ3n) is 4.32. The summed E-state index contributed by atoms with van der Waals surface area (Å²) in [6, 6.07) is 15.1. The molecule has 2 aromatic rings. The molecule has 2 aromatic carbocycles. The molecule has 0 radical (unpaired) electrons. The van der Waals surface area contributed by atoms with Gasteiger partial charge in [0, 0.05) is 5.57 Å². The Morgan fingerprint density at radius 3 is 2.42 bits per heavy atom. The van der Waals surface area contributed by atoms with Crippen LogP contribution in [0.2, 0.25) is 0 Å². The SMILES string of the molecule is CCOC(=O)C1=C(c2ccccc2)c2ccc(OC)cc2/C1=[N+](\[O-])CC. The maximum absolute atomic E-state index is 12.8. The van der Waals surface area contributed by atoms with Crippen LogP contribution in [-0.4, -0.2) is 36.7 Å². The standard InChI is InChI=1S/C21H21NO4/c1-4-22(24)20-17-13-15(25-3)11-12-16(17)18(14-9-7-6-8-10-14)19(20)21(23)26-5-2/h6-13H,4-5H2,1-3H3/b22-20+. The molecule has 0 amide bonds. The van der Waals surface area contributed by atoms with Gasteiger partial charge in [-0.05, 0) is 43.2 Å². The van der Waals surface area contributed by atoms with E-state index in [4.69, 9.17) is 9.47 Å². The van der Waals surface area contributed by atoms with Gasteiger partial charge in [0.05, 0.1) is 19.3 Å². The molecule has 0 fully saturated rings. The van der Waals surface area contributed by atoms with Crippen LogP contribution in [0.4, 0.5) is 0 Å². The number of nitrogens with zero attached hydrogens (tertiary/aromatic N) is 1. The molecule has 1 aliphatic carbocycles. The predicted molar refractivity (Wildman–Crippen MR) is 100 cm³/mol. The molecule has 0 spiro atoms. The number of benzene rings is 2. The van der Waals surface area contributed by atoms with Crippen LogP contribution in [0.5, 0.6) is 5.75 Å². The fourth-order valence-corrected chi connectivity index (χ4v) is 3.18. The summed E-state index contributed by atoms with van der Waals surface area (Å²) in [7, 11) is 1.57. The van der Waals surface area contributed by atoms with Crippen LogP contribution >= 0.6 is 0 Å². The maximum atomic E-state index is 12.8. The smallest absolute Gasteiger partial charge is 0.345 e. The Kier molecular flexibility index (Phi) is 5.07. The van der Waals surface area contributed by atoms with Crippen molar-refractivity contribution in [2.45, 2.75) is 13.8 Å². The number of hydroxylamine groups is 1. The third kappa shape index (κ3) is 2.96. The fraction of sp³-hybridized carbons (Fsp3) is 0.238. The molecule has 0 saturated carbocycles. The number of esters is 1. The average Bonchev–Trinajstić information content (AvgIpc) is 3.02. The van der Waals surface area contributed by atoms with Crippen molar-refractivity contribution in [3.05, 3.63) is 76.0 Å². The molecule has 5 nitrogen and oxygen atoms in total. The molecule has 1 aliphatic rings. The first-order valence-electron chi connectivity index (χ1n) is 8.59. The van der Waals surface area contributed by atoms with E-state index in [-0.39, 0.29) is 13.2 Å². The van der Waals surface area contributed by atoms with Crippen LogP contribution in [0, 0.1) is 5.21 Å². The van der Waals surface area contributed by atoms with Crippen LogP contribution in [0.25, 0.3) is 5.57 Å². The number of fused-ring (bicyclic) bond motifs is 1. The summed E-state index contributed by atoms with van der Waals surface area (Å²) in [4.78, 5) is 12.8. The molecule has 134 valence electrons. The van der Waals surface area contributed by atoms with E-state index in [0.717, 1.165) is 15.9 Å². The second-order valence-electron chi connectivity index (χ2n) is 5.79. The maximum Gasteiger partial charge on any atom is 0.345 e. The fourth-order valence-electron chi connectivity index (χ4n) is 3.18. The van der Waals surface area contributed by atoms with Gasteiger partial charge >= 0.3 is 5.97 Å². The summed E-state index contributed by atoms with van der Waals surface area (Å²) in [5.41, 5.74) is 3.72. The number of methoxy groups -OCH3 is 1. The molecule has 0 saturated heterocycles. The minimum absolute atomic E-state index is 0.219. The van der Waals surface area contributed by atoms with E-state index in [1.165, 1.54) is 0 Å². The van der Waals surface area contributed by atoms with Gasteiger partial charge in [-0.3, -0.25) is 0 Å². The molecule has 0 aromatic heterocycles. The van der Waals surface area contributed by atoms with Crippen molar-refractivity contribution < 1.29 is 19.0 Å². The summed E-state index contributed by atoms with van der Waals surface area (Å²) in [5, 5.41) is 12.7. The van der Waals surface area contributed by atoms with Gasteiger partial charge in [0.25, 0.3) is 0 Å². The highest BCUT2D eigenvalue weighted by Gasteiger charge is 2.39. The first-order chi connectivity index (χ1) is 12.6. The number of carbonyl (C=O) groups is 1.